The molecule has 1 heterocycles. The van der Waals surface area contributed by atoms with Crippen LogP contribution in [0.2, 0.25) is 0 Å². The largest absolute Gasteiger partial charge is 0.398 e. The molecular formula is C12H15N3O. The zero-order valence-electron chi connectivity index (χ0n) is 9.18. The van der Waals surface area contributed by atoms with Gasteiger partial charge in [0.25, 0.3) is 0 Å². The number of fused-ring (bicyclic) bond motifs is 1. The summed E-state index contributed by atoms with van der Waals surface area (Å²) in [4.78, 5) is 11.0. The van der Waals surface area contributed by atoms with Crippen molar-refractivity contribution in [2.24, 2.45) is 11.7 Å². The highest BCUT2D eigenvalue weighted by Gasteiger charge is 2.11. The van der Waals surface area contributed by atoms with Crippen molar-refractivity contribution in [1.29, 1.82) is 0 Å². The Bertz CT molecular complexity index is 530. The number of benzene rings is 1. The molecule has 0 aliphatic rings. The van der Waals surface area contributed by atoms with Crippen LogP contribution in [0.25, 0.3) is 10.9 Å². The summed E-state index contributed by atoms with van der Waals surface area (Å²) in [6, 6.07) is 7.71. The summed E-state index contributed by atoms with van der Waals surface area (Å²) in [6.07, 6.45) is 1.93. The topological polar surface area (TPSA) is 74.0 Å². The van der Waals surface area contributed by atoms with E-state index in [2.05, 4.69) is 0 Å². The van der Waals surface area contributed by atoms with Crippen LogP contribution in [0.5, 0.6) is 0 Å². The van der Waals surface area contributed by atoms with E-state index in [-0.39, 0.29) is 11.8 Å². The van der Waals surface area contributed by atoms with E-state index in [1.54, 1.807) is 0 Å². The van der Waals surface area contributed by atoms with Gasteiger partial charge in [-0.2, -0.15) is 0 Å². The van der Waals surface area contributed by atoms with E-state index < -0.39 is 0 Å². The Balaban J connectivity index is 2.39. The molecule has 1 atom stereocenters. The molecule has 0 bridgehead atoms. The molecule has 0 saturated heterocycles. The molecule has 0 saturated carbocycles. The van der Waals surface area contributed by atoms with Gasteiger partial charge in [0, 0.05) is 23.8 Å². The van der Waals surface area contributed by atoms with Gasteiger partial charge in [0.05, 0.1) is 11.4 Å². The van der Waals surface area contributed by atoms with Crippen molar-refractivity contribution >= 4 is 22.5 Å². The van der Waals surface area contributed by atoms with Crippen LogP contribution in [0, 0.1) is 5.92 Å². The van der Waals surface area contributed by atoms with Gasteiger partial charge in [0.2, 0.25) is 5.91 Å². The molecule has 1 aromatic heterocycles. The average molecular weight is 217 g/mol. The number of carbonyl (C=O) groups is 1. The summed E-state index contributed by atoms with van der Waals surface area (Å²) in [5, 5.41) is 1.01. The van der Waals surface area contributed by atoms with E-state index in [0.717, 1.165) is 16.6 Å². The number of nitrogens with zero attached hydrogens (tertiary/aromatic N) is 1. The third-order valence-electron chi connectivity index (χ3n) is 2.80. The molecule has 16 heavy (non-hydrogen) atoms. The van der Waals surface area contributed by atoms with Crippen molar-refractivity contribution in [1.82, 2.24) is 4.57 Å². The Kier molecular flexibility index (Phi) is 2.56. The summed E-state index contributed by atoms with van der Waals surface area (Å²) in [5.41, 5.74) is 12.9. The molecule has 0 aliphatic heterocycles. The molecule has 4 nitrogen and oxygen atoms in total. The Morgan fingerprint density at radius 3 is 2.88 bits per heavy atom. The molecule has 0 spiro atoms. The number of carbonyl (C=O) groups excluding carboxylic acids is 1. The minimum Gasteiger partial charge on any atom is -0.398 e. The van der Waals surface area contributed by atoms with Crippen LogP contribution in [0.4, 0.5) is 5.69 Å². The number of primary amides is 1. The highest BCUT2D eigenvalue weighted by atomic mass is 16.1. The second-order valence-corrected chi connectivity index (χ2v) is 4.05. The maximum Gasteiger partial charge on any atom is 0.222 e. The third kappa shape index (κ3) is 1.74. The van der Waals surface area contributed by atoms with E-state index in [1.165, 1.54) is 0 Å². The molecule has 1 amide bonds. The molecule has 84 valence electrons. The lowest BCUT2D eigenvalue weighted by atomic mass is 10.1. The lowest BCUT2D eigenvalue weighted by Gasteiger charge is -2.10. The lowest BCUT2D eigenvalue weighted by molar-refractivity contribution is -0.121. The number of hydrogen-bond acceptors (Lipinski definition) is 2. The van der Waals surface area contributed by atoms with Gasteiger partial charge in [-0.25, -0.2) is 0 Å². The van der Waals surface area contributed by atoms with E-state index in [9.17, 15) is 4.79 Å². The van der Waals surface area contributed by atoms with Crippen molar-refractivity contribution < 1.29 is 4.79 Å². The maximum atomic E-state index is 11.0. The number of aromatic nitrogens is 1. The maximum absolute atomic E-state index is 11.0. The Hall–Kier alpha value is -1.97. The SMILES string of the molecule is CC(Cn1ccc2c(N)cccc21)C(N)=O. The summed E-state index contributed by atoms with van der Waals surface area (Å²) < 4.78 is 2.00. The zero-order valence-corrected chi connectivity index (χ0v) is 9.18. The van der Waals surface area contributed by atoms with E-state index in [0.29, 0.717) is 6.54 Å². The van der Waals surface area contributed by atoms with Crippen molar-refractivity contribution in [2.45, 2.75) is 13.5 Å². The van der Waals surface area contributed by atoms with Crippen molar-refractivity contribution in [2.75, 3.05) is 5.73 Å². The quantitative estimate of drug-likeness (QED) is 0.761. The Morgan fingerprint density at radius 2 is 2.19 bits per heavy atom. The van der Waals surface area contributed by atoms with Crippen LogP contribution < -0.4 is 11.5 Å². The number of hydrogen-bond donors (Lipinski definition) is 2. The molecule has 4 N–H and O–H groups in total. The molecule has 1 aromatic carbocycles. The van der Waals surface area contributed by atoms with Crippen LogP contribution in [0.15, 0.2) is 30.5 Å². The standard InChI is InChI=1S/C12H15N3O/c1-8(12(14)16)7-15-6-5-9-10(13)3-2-4-11(9)15/h2-6,8H,7,13H2,1H3,(H2,14,16). The first-order valence-electron chi connectivity index (χ1n) is 5.22. The van der Waals surface area contributed by atoms with Crippen LogP contribution >= 0.6 is 0 Å². The second kappa shape index (κ2) is 3.89. The van der Waals surface area contributed by atoms with Gasteiger partial charge in [-0.05, 0) is 18.2 Å². The van der Waals surface area contributed by atoms with Crippen LogP contribution in [-0.4, -0.2) is 10.5 Å². The highest BCUT2D eigenvalue weighted by molar-refractivity contribution is 5.91. The third-order valence-corrected chi connectivity index (χ3v) is 2.80. The molecule has 0 radical (unpaired) electrons. The molecule has 2 aromatic rings. The van der Waals surface area contributed by atoms with Gasteiger partial charge in [0.1, 0.15) is 0 Å². The monoisotopic (exact) mass is 217 g/mol. The van der Waals surface area contributed by atoms with Crippen LogP contribution in [0.3, 0.4) is 0 Å². The van der Waals surface area contributed by atoms with Gasteiger partial charge in [-0.15, -0.1) is 0 Å². The normalized spacial score (nSPS) is 12.8. The van der Waals surface area contributed by atoms with Crippen LogP contribution in [-0.2, 0) is 11.3 Å². The van der Waals surface area contributed by atoms with Gasteiger partial charge in [-0.3, -0.25) is 4.79 Å². The average Bonchev–Trinajstić information content (AvgIpc) is 2.63. The fourth-order valence-electron chi connectivity index (χ4n) is 1.79. The predicted octanol–water partition coefficient (Wildman–Crippen LogP) is 1.34. The summed E-state index contributed by atoms with van der Waals surface area (Å²) in [6.45, 7) is 2.41. The molecule has 0 fully saturated rings. The van der Waals surface area contributed by atoms with Gasteiger partial charge >= 0.3 is 0 Å². The van der Waals surface area contributed by atoms with Gasteiger partial charge < -0.3 is 16.0 Å². The number of nitrogen functional groups attached to an aromatic ring is 1. The lowest BCUT2D eigenvalue weighted by Crippen LogP contribution is -2.24. The molecule has 0 aliphatic carbocycles. The second-order valence-electron chi connectivity index (χ2n) is 4.05. The Labute approximate surface area is 93.8 Å². The van der Waals surface area contributed by atoms with Gasteiger partial charge in [0.15, 0.2) is 0 Å². The van der Waals surface area contributed by atoms with E-state index in [4.69, 9.17) is 11.5 Å². The summed E-state index contributed by atoms with van der Waals surface area (Å²) in [7, 11) is 0. The molecule has 4 heteroatoms. The predicted molar refractivity (Wildman–Crippen MR) is 64.7 cm³/mol. The first kappa shape index (κ1) is 10.5. The van der Waals surface area contributed by atoms with Crippen LogP contribution in [0.1, 0.15) is 6.92 Å². The fourth-order valence-corrected chi connectivity index (χ4v) is 1.79. The minimum absolute atomic E-state index is 0.183. The Morgan fingerprint density at radius 1 is 1.44 bits per heavy atom. The first-order valence-corrected chi connectivity index (χ1v) is 5.22. The van der Waals surface area contributed by atoms with Crippen molar-refractivity contribution in [3.05, 3.63) is 30.5 Å². The van der Waals surface area contributed by atoms with Crippen molar-refractivity contribution in [3.63, 3.8) is 0 Å². The number of amides is 1. The molecule has 1 unspecified atom stereocenters. The van der Waals surface area contributed by atoms with Gasteiger partial charge in [-0.1, -0.05) is 13.0 Å². The highest BCUT2D eigenvalue weighted by Crippen LogP contribution is 2.22. The van der Waals surface area contributed by atoms with E-state index in [1.807, 2.05) is 42.0 Å². The number of anilines is 1. The molecular weight excluding hydrogens is 202 g/mol. The zero-order chi connectivity index (χ0) is 11.7. The number of rotatable bonds is 3. The fraction of sp³-hybridized carbons (Fsp3) is 0.250. The number of nitrogens with two attached hydrogens (primary N) is 2. The molecule has 2 rings (SSSR count). The smallest absolute Gasteiger partial charge is 0.222 e. The summed E-state index contributed by atoms with van der Waals surface area (Å²) in [5.74, 6) is -0.470. The van der Waals surface area contributed by atoms with E-state index >= 15 is 0 Å². The first-order chi connectivity index (χ1) is 7.59. The van der Waals surface area contributed by atoms with Crippen molar-refractivity contribution in [3.8, 4) is 0 Å². The summed E-state index contributed by atoms with van der Waals surface area (Å²) >= 11 is 0. The minimum atomic E-state index is -0.286.